The van der Waals surface area contributed by atoms with Gasteiger partial charge < -0.3 is 10.6 Å². The normalized spacial score (nSPS) is 19.4. The van der Waals surface area contributed by atoms with Gasteiger partial charge in [-0.2, -0.15) is 5.10 Å². The molecule has 1 fully saturated rings. The molecule has 2 N–H and O–H groups in total. The minimum Gasteiger partial charge on any atom is -0.341 e. The van der Waals surface area contributed by atoms with Crippen molar-refractivity contribution in [3.63, 3.8) is 0 Å². The van der Waals surface area contributed by atoms with Crippen molar-refractivity contribution in [3.05, 3.63) is 16.9 Å². The molecule has 1 aliphatic heterocycles. The Balaban J connectivity index is 1.92. The van der Waals surface area contributed by atoms with Crippen LogP contribution in [0.4, 0.5) is 0 Å². The second kappa shape index (κ2) is 5.18. The molecule has 6 heteroatoms. The van der Waals surface area contributed by atoms with Crippen molar-refractivity contribution in [2.75, 3.05) is 13.1 Å². The zero-order valence-corrected chi connectivity index (χ0v) is 11.4. The van der Waals surface area contributed by atoms with Gasteiger partial charge in [0, 0.05) is 19.3 Å². The van der Waals surface area contributed by atoms with Gasteiger partial charge in [-0.05, 0) is 35.7 Å². The van der Waals surface area contributed by atoms with Crippen molar-refractivity contribution in [2.24, 2.45) is 5.73 Å². The largest absolute Gasteiger partial charge is 0.341 e. The fourth-order valence-electron chi connectivity index (χ4n) is 2.15. The van der Waals surface area contributed by atoms with Gasteiger partial charge in [-0.25, -0.2) is 0 Å². The number of piperidine rings is 1. The summed E-state index contributed by atoms with van der Waals surface area (Å²) in [6.45, 7) is 3.27. The molecule has 2 rings (SSSR count). The van der Waals surface area contributed by atoms with Gasteiger partial charge in [0.2, 0.25) is 5.91 Å². The SMILES string of the molecule is C[C@H](N)C(=O)N1CCC(n2cc(Br)cn2)CC1. The first-order chi connectivity index (χ1) is 8.08. The predicted octanol–water partition coefficient (Wildman–Crippen LogP) is 1.16. The highest BCUT2D eigenvalue weighted by molar-refractivity contribution is 9.10. The van der Waals surface area contributed by atoms with E-state index in [1.54, 1.807) is 13.1 Å². The number of carbonyl (C=O) groups excluding carboxylic acids is 1. The van der Waals surface area contributed by atoms with E-state index in [9.17, 15) is 4.79 Å². The van der Waals surface area contributed by atoms with Gasteiger partial charge in [0.25, 0.3) is 0 Å². The van der Waals surface area contributed by atoms with Gasteiger partial charge in [0.15, 0.2) is 0 Å². The molecule has 0 radical (unpaired) electrons. The Morgan fingerprint density at radius 1 is 1.59 bits per heavy atom. The Hall–Kier alpha value is -0.880. The molecular formula is C11H17BrN4O. The maximum Gasteiger partial charge on any atom is 0.239 e. The summed E-state index contributed by atoms with van der Waals surface area (Å²) >= 11 is 3.39. The number of nitrogens with zero attached hydrogens (tertiary/aromatic N) is 3. The molecule has 1 atom stereocenters. The van der Waals surface area contributed by atoms with Crippen LogP contribution >= 0.6 is 15.9 Å². The number of amides is 1. The summed E-state index contributed by atoms with van der Waals surface area (Å²) < 4.78 is 2.96. The van der Waals surface area contributed by atoms with E-state index in [1.807, 2.05) is 15.8 Å². The van der Waals surface area contributed by atoms with Crippen LogP contribution < -0.4 is 5.73 Å². The van der Waals surface area contributed by atoms with Crippen LogP contribution in [0, 0.1) is 0 Å². The van der Waals surface area contributed by atoms with E-state index in [2.05, 4.69) is 21.0 Å². The van der Waals surface area contributed by atoms with Gasteiger partial charge in [0.1, 0.15) is 0 Å². The number of hydrogen-bond donors (Lipinski definition) is 1. The number of carbonyl (C=O) groups is 1. The molecule has 17 heavy (non-hydrogen) atoms. The highest BCUT2D eigenvalue weighted by Gasteiger charge is 2.25. The van der Waals surface area contributed by atoms with E-state index in [1.165, 1.54) is 0 Å². The fraction of sp³-hybridized carbons (Fsp3) is 0.636. The lowest BCUT2D eigenvalue weighted by molar-refractivity contribution is -0.133. The van der Waals surface area contributed by atoms with E-state index < -0.39 is 6.04 Å². The van der Waals surface area contributed by atoms with Gasteiger partial charge >= 0.3 is 0 Å². The van der Waals surface area contributed by atoms with Crippen molar-refractivity contribution in [2.45, 2.75) is 31.8 Å². The molecule has 1 aromatic heterocycles. The topological polar surface area (TPSA) is 64.2 Å². The van der Waals surface area contributed by atoms with E-state index in [0.717, 1.165) is 30.4 Å². The molecule has 5 nitrogen and oxygen atoms in total. The summed E-state index contributed by atoms with van der Waals surface area (Å²) in [5.41, 5.74) is 5.60. The molecule has 0 aromatic carbocycles. The van der Waals surface area contributed by atoms with Gasteiger partial charge in [-0.15, -0.1) is 0 Å². The van der Waals surface area contributed by atoms with Crippen LogP contribution in [0.15, 0.2) is 16.9 Å². The summed E-state index contributed by atoms with van der Waals surface area (Å²) in [7, 11) is 0. The molecule has 0 unspecified atom stereocenters. The third-order valence-corrected chi connectivity index (χ3v) is 3.52. The lowest BCUT2D eigenvalue weighted by Crippen LogP contribution is -2.46. The van der Waals surface area contributed by atoms with Crippen LogP contribution in [0.5, 0.6) is 0 Å². The zero-order valence-electron chi connectivity index (χ0n) is 9.84. The number of likely N-dealkylation sites (tertiary alicyclic amines) is 1. The van der Waals surface area contributed by atoms with E-state index in [-0.39, 0.29) is 5.91 Å². The van der Waals surface area contributed by atoms with Crippen molar-refractivity contribution >= 4 is 21.8 Å². The van der Waals surface area contributed by atoms with Crippen molar-refractivity contribution in [3.8, 4) is 0 Å². The average Bonchev–Trinajstić information content (AvgIpc) is 2.75. The number of hydrogen-bond acceptors (Lipinski definition) is 3. The third-order valence-electron chi connectivity index (χ3n) is 3.11. The standard InChI is InChI=1S/C11H17BrN4O/c1-8(13)11(17)15-4-2-10(3-5-15)16-7-9(12)6-14-16/h6-8,10H,2-5,13H2,1H3/t8-/m0/s1. The summed E-state index contributed by atoms with van der Waals surface area (Å²) in [4.78, 5) is 13.6. The first-order valence-electron chi connectivity index (χ1n) is 5.82. The van der Waals surface area contributed by atoms with Crippen LogP contribution in [-0.4, -0.2) is 39.7 Å². The molecule has 1 amide bonds. The van der Waals surface area contributed by atoms with Crippen LogP contribution in [-0.2, 0) is 4.79 Å². The molecular weight excluding hydrogens is 284 g/mol. The van der Waals surface area contributed by atoms with Crippen LogP contribution in [0.2, 0.25) is 0 Å². The van der Waals surface area contributed by atoms with E-state index >= 15 is 0 Å². The molecule has 0 bridgehead atoms. The molecule has 0 aliphatic carbocycles. The molecule has 2 heterocycles. The Bertz CT molecular complexity index is 396. The highest BCUT2D eigenvalue weighted by atomic mass is 79.9. The summed E-state index contributed by atoms with van der Waals surface area (Å²) in [6.07, 6.45) is 5.65. The summed E-state index contributed by atoms with van der Waals surface area (Å²) in [6, 6.07) is -0.0103. The number of halogens is 1. The van der Waals surface area contributed by atoms with E-state index in [4.69, 9.17) is 5.73 Å². The van der Waals surface area contributed by atoms with Gasteiger partial charge in [-0.3, -0.25) is 9.48 Å². The Labute approximate surface area is 109 Å². The molecule has 1 aliphatic rings. The molecule has 94 valence electrons. The molecule has 0 saturated carbocycles. The van der Waals surface area contributed by atoms with Crippen LogP contribution in [0.1, 0.15) is 25.8 Å². The van der Waals surface area contributed by atoms with E-state index in [0.29, 0.717) is 6.04 Å². The summed E-state index contributed by atoms with van der Waals surface area (Å²) in [5.74, 6) is 0.0464. The van der Waals surface area contributed by atoms with Crippen molar-refractivity contribution < 1.29 is 4.79 Å². The Kier molecular flexibility index (Phi) is 3.83. The molecule has 1 saturated heterocycles. The Morgan fingerprint density at radius 3 is 2.71 bits per heavy atom. The van der Waals surface area contributed by atoms with Gasteiger partial charge in [0.05, 0.1) is 22.8 Å². The number of nitrogens with two attached hydrogens (primary N) is 1. The third kappa shape index (κ3) is 2.87. The zero-order chi connectivity index (χ0) is 12.4. The number of aromatic nitrogens is 2. The van der Waals surface area contributed by atoms with Crippen LogP contribution in [0.25, 0.3) is 0 Å². The lowest BCUT2D eigenvalue weighted by atomic mass is 10.0. The molecule has 1 aromatic rings. The smallest absolute Gasteiger partial charge is 0.239 e. The minimum absolute atomic E-state index is 0.0464. The van der Waals surface area contributed by atoms with Crippen molar-refractivity contribution in [1.29, 1.82) is 0 Å². The lowest BCUT2D eigenvalue weighted by Gasteiger charge is -2.33. The maximum absolute atomic E-state index is 11.7. The second-order valence-electron chi connectivity index (χ2n) is 4.48. The minimum atomic E-state index is -0.398. The highest BCUT2D eigenvalue weighted by Crippen LogP contribution is 2.23. The first kappa shape index (κ1) is 12.6. The number of rotatable bonds is 2. The quantitative estimate of drug-likeness (QED) is 0.891. The molecule has 0 spiro atoms. The fourth-order valence-corrected chi connectivity index (χ4v) is 2.45. The maximum atomic E-state index is 11.7. The van der Waals surface area contributed by atoms with Crippen LogP contribution in [0.3, 0.4) is 0 Å². The van der Waals surface area contributed by atoms with Gasteiger partial charge in [-0.1, -0.05) is 0 Å². The summed E-state index contributed by atoms with van der Waals surface area (Å²) in [5, 5.41) is 4.29. The van der Waals surface area contributed by atoms with Crippen molar-refractivity contribution in [1.82, 2.24) is 14.7 Å². The Morgan fingerprint density at radius 2 is 2.24 bits per heavy atom. The second-order valence-corrected chi connectivity index (χ2v) is 5.40. The average molecular weight is 301 g/mol. The monoisotopic (exact) mass is 300 g/mol. The predicted molar refractivity (Wildman–Crippen MR) is 68.4 cm³/mol. The first-order valence-corrected chi connectivity index (χ1v) is 6.61.